The first-order valence-corrected chi connectivity index (χ1v) is 10.5. The van der Waals surface area contributed by atoms with Gasteiger partial charge in [0.05, 0.1) is 10.7 Å². The average molecular weight is 478 g/mol. The third-order valence-electron chi connectivity index (χ3n) is 3.24. The number of aryl methyl sites for hydroxylation is 1. The molecule has 1 heterocycles. The second-order valence-electron chi connectivity index (χ2n) is 5.15. The summed E-state index contributed by atoms with van der Waals surface area (Å²) < 4.78 is 43.7. The minimum Gasteiger partial charge on any atom is -0.311 e. The predicted octanol–water partition coefficient (Wildman–Crippen LogP) is 4.32. The molecule has 26 heavy (non-hydrogen) atoms. The van der Waals surface area contributed by atoms with Gasteiger partial charge in [0.1, 0.15) is 17.0 Å². The van der Waals surface area contributed by atoms with Crippen molar-refractivity contribution in [1.29, 1.82) is 0 Å². The number of nitrogens with one attached hydrogen (secondary N) is 1. The van der Waals surface area contributed by atoms with E-state index in [9.17, 15) is 12.8 Å². The lowest BCUT2D eigenvalue weighted by molar-refractivity contribution is 0.595. The molecule has 1 aromatic heterocycles. The van der Waals surface area contributed by atoms with Crippen molar-refractivity contribution >= 4 is 55.0 Å². The van der Waals surface area contributed by atoms with Crippen molar-refractivity contribution in [2.75, 3.05) is 4.72 Å². The van der Waals surface area contributed by atoms with Gasteiger partial charge in [-0.1, -0.05) is 27.5 Å². The summed E-state index contributed by atoms with van der Waals surface area (Å²) in [6, 6.07) is 8.26. The van der Waals surface area contributed by atoms with Crippen LogP contribution in [0.25, 0.3) is 0 Å². The zero-order valence-corrected chi connectivity index (χ0v) is 17.1. The quantitative estimate of drug-likeness (QED) is 0.592. The fourth-order valence-corrected chi connectivity index (χ4v) is 4.86. The first-order chi connectivity index (χ1) is 12.3. The van der Waals surface area contributed by atoms with E-state index in [2.05, 4.69) is 30.8 Å². The van der Waals surface area contributed by atoms with E-state index in [0.717, 1.165) is 12.1 Å². The fraction of sp³-hybridized carbons (Fsp3) is 0.0667. The second kappa shape index (κ2) is 7.55. The highest BCUT2D eigenvalue weighted by Gasteiger charge is 2.21. The summed E-state index contributed by atoms with van der Waals surface area (Å²) in [7, 11) is -2.32. The Bertz CT molecular complexity index is 1080. The van der Waals surface area contributed by atoms with Gasteiger partial charge >= 0.3 is 0 Å². The van der Waals surface area contributed by atoms with Gasteiger partial charge in [0.15, 0.2) is 5.16 Å². The maximum atomic E-state index is 13.5. The van der Waals surface area contributed by atoms with E-state index in [-0.39, 0.29) is 9.92 Å². The number of anilines is 1. The lowest BCUT2D eigenvalue weighted by atomic mass is 10.3. The third-order valence-corrected chi connectivity index (χ3v) is 6.71. The van der Waals surface area contributed by atoms with Crippen LogP contribution in [0.1, 0.15) is 0 Å². The number of rotatable bonds is 5. The number of benzene rings is 2. The molecule has 0 amide bonds. The van der Waals surface area contributed by atoms with Crippen molar-refractivity contribution in [2.45, 2.75) is 14.9 Å². The average Bonchev–Trinajstić information content (AvgIpc) is 2.97. The van der Waals surface area contributed by atoms with Gasteiger partial charge in [-0.2, -0.15) is 0 Å². The van der Waals surface area contributed by atoms with E-state index in [4.69, 9.17) is 11.6 Å². The Kier molecular flexibility index (Phi) is 5.56. The van der Waals surface area contributed by atoms with Crippen molar-refractivity contribution in [1.82, 2.24) is 14.8 Å². The van der Waals surface area contributed by atoms with Gasteiger partial charge in [0.25, 0.3) is 10.0 Å². The normalized spacial score (nSPS) is 11.5. The maximum absolute atomic E-state index is 13.5. The van der Waals surface area contributed by atoms with E-state index < -0.39 is 15.8 Å². The summed E-state index contributed by atoms with van der Waals surface area (Å²) in [5, 5.41) is 8.27. The molecule has 0 aliphatic heterocycles. The Hall–Kier alpha value is -1.62. The number of aromatic nitrogens is 3. The SMILES string of the molecule is Cn1cnnc1Sc1ccc(Br)cc1NS(=O)(=O)c1cc(F)ccc1Cl. The molecule has 0 bridgehead atoms. The number of hydrogen-bond acceptors (Lipinski definition) is 5. The second-order valence-corrected chi connectivity index (χ2v) is 9.13. The van der Waals surface area contributed by atoms with Crippen LogP contribution in [0.4, 0.5) is 10.1 Å². The Labute approximate surface area is 167 Å². The van der Waals surface area contributed by atoms with E-state index in [0.29, 0.717) is 20.2 Å². The molecule has 0 fully saturated rings. The lowest BCUT2D eigenvalue weighted by Gasteiger charge is -2.13. The van der Waals surface area contributed by atoms with Crippen LogP contribution < -0.4 is 4.72 Å². The summed E-state index contributed by atoms with van der Waals surface area (Å²) in [4.78, 5) is 0.258. The molecule has 2 aromatic carbocycles. The minimum atomic E-state index is -4.09. The molecular formula is C15H11BrClFN4O2S2. The Morgan fingerprint density at radius 3 is 2.73 bits per heavy atom. The number of nitrogens with zero attached hydrogens (tertiary/aromatic N) is 3. The first kappa shape index (κ1) is 19.2. The molecule has 0 radical (unpaired) electrons. The third kappa shape index (κ3) is 4.20. The van der Waals surface area contributed by atoms with Gasteiger partial charge in [0, 0.05) is 16.4 Å². The Balaban J connectivity index is 2.00. The van der Waals surface area contributed by atoms with Crippen LogP contribution in [0.15, 0.2) is 62.1 Å². The highest BCUT2D eigenvalue weighted by Crippen LogP contribution is 2.36. The van der Waals surface area contributed by atoms with Crippen molar-refractivity contribution in [3.05, 3.63) is 58.0 Å². The molecule has 0 aliphatic rings. The Morgan fingerprint density at radius 1 is 1.27 bits per heavy atom. The molecule has 1 N–H and O–H groups in total. The molecule has 0 saturated heterocycles. The predicted molar refractivity (Wildman–Crippen MR) is 101 cm³/mol. The van der Waals surface area contributed by atoms with Crippen LogP contribution in [-0.4, -0.2) is 23.2 Å². The van der Waals surface area contributed by atoms with Gasteiger partial charge < -0.3 is 4.57 Å². The highest BCUT2D eigenvalue weighted by molar-refractivity contribution is 9.10. The summed E-state index contributed by atoms with van der Waals surface area (Å²) in [6.45, 7) is 0. The van der Waals surface area contributed by atoms with Crippen LogP contribution in [0, 0.1) is 5.82 Å². The van der Waals surface area contributed by atoms with Crippen LogP contribution >= 0.6 is 39.3 Å². The van der Waals surface area contributed by atoms with Gasteiger partial charge in [-0.3, -0.25) is 4.72 Å². The molecule has 6 nitrogen and oxygen atoms in total. The van der Waals surface area contributed by atoms with E-state index >= 15 is 0 Å². The zero-order valence-electron chi connectivity index (χ0n) is 13.1. The van der Waals surface area contributed by atoms with Gasteiger partial charge in [-0.05, 0) is 48.2 Å². The number of hydrogen-bond donors (Lipinski definition) is 1. The van der Waals surface area contributed by atoms with E-state index in [1.165, 1.54) is 24.2 Å². The highest BCUT2D eigenvalue weighted by atomic mass is 79.9. The summed E-state index contributed by atoms with van der Waals surface area (Å²) in [5.41, 5.74) is 0.299. The van der Waals surface area contributed by atoms with Gasteiger partial charge in [-0.25, -0.2) is 12.8 Å². The monoisotopic (exact) mass is 476 g/mol. The molecule has 0 saturated carbocycles. The number of halogens is 3. The van der Waals surface area contributed by atoms with Gasteiger partial charge in [-0.15, -0.1) is 10.2 Å². The lowest BCUT2D eigenvalue weighted by Crippen LogP contribution is -2.14. The summed E-state index contributed by atoms with van der Waals surface area (Å²) >= 11 is 10.5. The molecule has 0 spiro atoms. The zero-order chi connectivity index (χ0) is 18.9. The van der Waals surface area contributed by atoms with Crippen molar-refractivity contribution in [2.24, 2.45) is 7.05 Å². The largest absolute Gasteiger partial charge is 0.311 e. The Morgan fingerprint density at radius 2 is 2.04 bits per heavy atom. The first-order valence-electron chi connectivity index (χ1n) is 7.05. The molecule has 11 heteroatoms. The molecule has 3 rings (SSSR count). The van der Waals surface area contributed by atoms with E-state index in [1.807, 2.05) is 0 Å². The minimum absolute atomic E-state index is 0.0728. The molecule has 3 aromatic rings. The summed E-state index contributed by atoms with van der Waals surface area (Å²) in [6.07, 6.45) is 1.54. The van der Waals surface area contributed by atoms with Crippen molar-refractivity contribution in [3.63, 3.8) is 0 Å². The topological polar surface area (TPSA) is 76.9 Å². The van der Waals surface area contributed by atoms with Gasteiger partial charge in [0.2, 0.25) is 0 Å². The molecular weight excluding hydrogens is 467 g/mol. The smallest absolute Gasteiger partial charge is 0.263 e. The standard InChI is InChI=1S/C15H11BrClFN4O2S2/c1-22-8-19-20-15(22)25-13-5-2-9(16)6-12(13)21-26(23,24)14-7-10(18)3-4-11(14)17/h2-8,21H,1H3. The maximum Gasteiger partial charge on any atom is 0.263 e. The molecule has 0 unspecified atom stereocenters. The fourth-order valence-electron chi connectivity index (χ4n) is 2.02. The van der Waals surface area contributed by atoms with Crippen molar-refractivity contribution < 1.29 is 12.8 Å². The van der Waals surface area contributed by atoms with Crippen molar-refractivity contribution in [3.8, 4) is 0 Å². The van der Waals surface area contributed by atoms with E-state index in [1.54, 1.807) is 29.8 Å². The molecule has 0 atom stereocenters. The van der Waals surface area contributed by atoms with Crippen LogP contribution in [0.2, 0.25) is 5.02 Å². The molecule has 136 valence electrons. The number of sulfonamides is 1. The van der Waals surface area contributed by atoms with Crippen LogP contribution in [0.3, 0.4) is 0 Å². The van der Waals surface area contributed by atoms with Crippen LogP contribution in [0.5, 0.6) is 0 Å². The molecule has 0 aliphatic carbocycles. The summed E-state index contributed by atoms with van der Waals surface area (Å²) in [5.74, 6) is -0.697. The van der Waals surface area contributed by atoms with Crippen LogP contribution in [-0.2, 0) is 17.1 Å².